The first kappa shape index (κ1) is 11.2. The predicted octanol–water partition coefficient (Wildman–Crippen LogP) is 1.46. The molecule has 0 spiro atoms. The molecule has 16 heavy (non-hydrogen) atoms. The Morgan fingerprint density at radius 3 is 2.69 bits per heavy atom. The summed E-state index contributed by atoms with van der Waals surface area (Å²) in [6.07, 6.45) is 0.441. The maximum Gasteiger partial charge on any atom is 0.312 e. The van der Waals surface area contributed by atoms with Gasteiger partial charge in [-0.1, -0.05) is 0 Å². The zero-order valence-electron chi connectivity index (χ0n) is 7.84. The summed E-state index contributed by atoms with van der Waals surface area (Å²) in [6.45, 7) is 0.308. The molecular formula is C8H6ClNO5S. The Bertz CT molecular complexity index is 568. The third kappa shape index (κ3) is 1.83. The van der Waals surface area contributed by atoms with Crippen LogP contribution in [0.1, 0.15) is 5.56 Å². The van der Waals surface area contributed by atoms with Gasteiger partial charge in [0.15, 0.2) is 0 Å². The summed E-state index contributed by atoms with van der Waals surface area (Å²) in [7, 11) is 1.18. The molecule has 0 unspecified atom stereocenters. The topological polar surface area (TPSA) is 86.5 Å². The fraction of sp³-hybridized carbons (Fsp3) is 0.250. The number of hydrogen-bond donors (Lipinski definition) is 0. The molecule has 8 heteroatoms. The van der Waals surface area contributed by atoms with Crippen molar-refractivity contribution in [2.75, 3.05) is 6.61 Å². The lowest BCUT2D eigenvalue weighted by Gasteiger charge is -2.02. The Hall–Kier alpha value is -1.34. The smallest absolute Gasteiger partial charge is 0.312 e. The van der Waals surface area contributed by atoms with Gasteiger partial charge in [-0.2, -0.15) is 0 Å². The van der Waals surface area contributed by atoms with Gasteiger partial charge in [0.05, 0.1) is 16.4 Å². The molecule has 0 atom stereocenters. The van der Waals surface area contributed by atoms with E-state index in [9.17, 15) is 18.5 Å². The Balaban J connectivity index is 2.70. The largest absolute Gasteiger partial charge is 0.486 e. The van der Waals surface area contributed by atoms with Crippen LogP contribution >= 0.6 is 10.7 Å². The van der Waals surface area contributed by atoms with Gasteiger partial charge in [0.1, 0.15) is 0 Å². The van der Waals surface area contributed by atoms with Crippen LogP contribution in [0, 0.1) is 10.1 Å². The number of nitrogens with zero attached hydrogens (tertiary/aromatic N) is 1. The van der Waals surface area contributed by atoms with Crippen LogP contribution < -0.4 is 4.74 Å². The highest BCUT2D eigenvalue weighted by Crippen LogP contribution is 2.38. The molecule has 0 bridgehead atoms. The molecule has 2 rings (SSSR count). The quantitative estimate of drug-likeness (QED) is 0.458. The van der Waals surface area contributed by atoms with E-state index in [4.69, 9.17) is 15.4 Å². The number of rotatable bonds is 2. The monoisotopic (exact) mass is 263 g/mol. The number of ether oxygens (including phenoxy) is 1. The maximum absolute atomic E-state index is 11.1. The van der Waals surface area contributed by atoms with Crippen LogP contribution in [0.2, 0.25) is 0 Å². The summed E-state index contributed by atoms with van der Waals surface area (Å²) in [6, 6.07) is 2.21. The first-order chi connectivity index (χ1) is 7.39. The van der Waals surface area contributed by atoms with E-state index >= 15 is 0 Å². The summed E-state index contributed by atoms with van der Waals surface area (Å²) >= 11 is 0. The normalized spacial score (nSPS) is 14.3. The first-order valence-electron chi connectivity index (χ1n) is 4.28. The SMILES string of the molecule is O=[N+]([O-])c1cc(S(=O)(=O)Cl)cc2c1OCC2. The average molecular weight is 264 g/mol. The number of nitro benzene ring substituents is 1. The van der Waals surface area contributed by atoms with Crippen LogP contribution in [0.5, 0.6) is 5.75 Å². The van der Waals surface area contributed by atoms with Gasteiger partial charge in [0, 0.05) is 28.7 Å². The summed E-state index contributed by atoms with van der Waals surface area (Å²) < 4.78 is 27.3. The molecule has 0 N–H and O–H groups in total. The number of fused-ring (bicyclic) bond motifs is 1. The third-order valence-electron chi connectivity index (χ3n) is 2.22. The van der Waals surface area contributed by atoms with E-state index in [0.29, 0.717) is 18.6 Å². The summed E-state index contributed by atoms with van der Waals surface area (Å²) in [5.74, 6) is 0.133. The molecule has 1 aromatic rings. The fourth-order valence-electron chi connectivity index (χ4n) is 1.54. The molecule has 0 saturated heterocycles. The Kier molecular flexibility index (Phi) is 2.51. The summed E-state index contributed by atoms with van der Waals surface area (Å²) in [4.78, 5) is 9.77. The Morgan fingerprint density at radius 1 is 1.44 bits per heavy atom. The summed E-state index contributed by atoms with van der Waals surface area (Å²) in [5.41, 5.74) is 0.127. The van der Waals surface area contributed by atoms with Gasteiger partial charge >= 0.3 is 5.69 Å². The number of benzene rings is 1. The van der Waals surface area contributed by atoms with E-state index in [1.165, 1.54) is 6.07 Å². The molecule has 1 aliphatic rings. The van der Waals surface area contributed by atoms with Crippen molar-refractivity contribution in [3.63, 3.8) is 0 Å². The van der Waals surface area contributed by atoms with Crippen LogP contribution in [0.25, 0.3) is 0 Å². The number of hydrogen-bond acceptors (Lipinski definition) is 5. The highest BCUT2D eigenvalue weighted by Gasteiger charge is 2.28. The van der Waals surface area contributed by atoms with E-state index in [2.05, 4.69) is 0 Å². The average Bonchev–Trinajstić information content (AvgIpc) is 2.61. The standard InChI is InChI=1S/C8H6ClNO5S/c9-16(13,14)6-3-5-1-2-15-8(5)7(4-6)10(11)12/h3-4H,1-2H2. The second-order valence-corrected chi connectivity index (χ2v) is 5.79. The van der Waals surface area contributed by atoms with Crippen molar-refractivity contribution in [2.24, 2.45) is 0 Å². The van der Waals surface area contributed by atoms with Crippen molar-refractivity contribution < 1.29 is 18.1 Å². The minimum atomic E-state index is -3.97. The molecule has 1 heterocycles. The highest BCUT2D eigenvalue weighted by molar-refractivity contribution is 8.13. The van der Waals surface area contributed by atoms with Crippen LogP contribution in [-0.2, 0) is 15.5 Å². The predicted molar refractivity (Wildman–Crippen MR) is 55.3 cm³/mol. The molecule has 0 aliphatic carbocycles. The third-order valence-corrected chi connectivity index (χ3v) is 3.55. The summed E-state index contributed by atoms with van der Waals surface area (Å²) in [5, 5.41) is 10.7. The number of halogens is 1. The van der Waals surface area contributed by atoms with Crippen molar-refractivity contribution in [2.45, 2.75) is 11.3 Å². The molecule has 0 saturated carbocycles. The number of nitro groups is 1. The van der Waals surface area contributed by atoms with E-state index in [-0.39, 0.29) is 16.3 Å². The van der Waals surface area contributed by atoms with Gasteiger partial charge in [-0.3, -0.25) is 10.1 Å². The lowest BCUT2D eigenvalue weighted by Crippen LogP contribution is -1.97. The lowest BCUT2D eigenvalue weighted by molar-refractivity contribution is -0.385. The first-order valence-corrected chi connectivity index (χ1v) is 6.59. The second-order valence-electron chi connectivity index (χ2n) is 3.22. The van der Waals surface area contributed by atoms with E-state index in [0.717, 1.165) is 6.07 Å². The molecule has 1 aromatic carbocycles. The zero-order chi connectivity index (χ0) is 11.9. The van der Waals surface area contributed by atoms with Crippen molar-refractivity contribution >= 4 is 25.4 Å². The van der Waals surface area contributed by atoms with E-state index < -0.39 is 14.0 Å². The highest BCUT2D eigenvalue weighted by atomic mass is 35.7. The Labute approximate surface area is 95.4 Å². The maximum atomic E-state index is 11.1. The van der Waals surface area contributed by atoms with Crippen molar-refractivity contribution in [3.8, 4) is 5.75 Å². The fourth-order valence-corrected chi connectivity index (χ4v) is 2.34. The minimum absolute atomic E-state index is 0.133. The van der Waals surface area contributed by atoms with Crippen LogP contribution in [-0.4, -0.2) is 19.9 Å². The molecule has 86 valence electrons. The molecular weight excluding hydrogens is 258 g/mol. The molecule has 0 aromatic heterocycles. The Morgan fingerprint density at radius 2 is 2.12 bits per heavy atom. The van der Waals surface area contributed by atoms with Gasteiger partial charge in [-0.25, -0.2) is 8.42 Å². The van der Waals surface area contributed by atoms with Gasteiger partial charge in [-0.15, -0.1) is 0 Å². The van der Waals surface area contributed by atoms with E-state index in [1.54, 1.807) is 0 Å². The minimum Gasteiger partial charge on any atom is -0.486 e. The van der Waals surface area contributed by atoms with Gasteiger partial charge < -0.3 is 4.74 Å². The van der Waals surface area contributed by atoms with Gasteiger partial charge in [0.25, 0.3) is 9.05 Å². The second kappa shape index (κ2) is 3.60. The van der Waals surface area contributed by atoms with Crippen LogP contribution in [0.4, 0.5) is 5.69 Å². The van der Waals surface area contributed by atoms with E-state index in [1.807, 2.05) is 0 Å². The molecule has 0 amide bonds. The van der Waals surface area contributed by atoms with Crippen molar-refractivity contribution in [1.29, 1.82) is 0 Å². The van der Waals surface area contributed by atoms with Gasteiger partial charge in [0.2, 0.25) is 5.75 Å². The van der Waals surface area contributed by atoms with Crippen molar-refractivity contribution in [3.05, 3.63) is 27.8 Å². The van der Waals surface area contributed by atoms with Gasteiger partial charge in [-0.05, 0) is 6.07 Å². The molecule has 6 nitrogen and oxygen atoms in total. The van der Waals surface area contributed by atoms with Crippen LogP contribution in [0.15, 0.2) is 17.0 Å². The molecule has 0 radical (unpaired) electrons. The lowest BCUT2D eigenvalue weighted by atomic mass is 10.1. The van der Waals surface area contributed by atoms with Crippen LogP contribution in [0.3, 0.4) is 0 Å². The zero-order valence-corrected chi connectivity index (χ0v) is 9.42. The van der Waals surface area contributed by atoms with Crippen molar-refractivity contribution in [1.82, 2.24) is 0 Å². The molecule has 0 fully saturated rings. The molecule has 1 aliphatic heterocycles.